The van der Waals surface area contributed by atoms with Gasteiger partial charge >= 0.3 is 0 Å². The summed E-state index contributed by atoms with van der Waals surface area (Å²) in [4.78, 5) is 2.42. The Balaban J connectivity index is 2.48. The molecule has 0 saturated carbocycles. The van der Waals surface area contributed by atoms with Gasteiger partial charge in [-0.05, 0) is 46.2 Å². The summed E-state index contributed by atoms with van der Waals surface area (Å²) in [5, 5.41) is 0. The van der Waals surface area contributed by atoms with Crippen LogP contribution in [-0.4, -0.2) is 30.6 Å². The lowest BCUT2D eigenvalue weighted by Crippen LogP contribution is -2.49. The van der Waals surface area contributed by atoms with Crippen molar-refractivity contribution in [2.75, 3.05) is 20.1 Å². The first-order valence-corrected chi connectivity index (χ1v) is 4.47. The van der Waals surface area contributed by atoms with E-state index in [0.717, 1.165) is 12.5 Å². The molecule has 2 heteroatoms. The fourth-order valence-electron chi connectivity index (χ4n) is 1.67. The number of hydrogen-bond donors (Lipinski definition) is 1. The van der Waals surface area contributed by atoms with E-state index in [4.69, 9.17) is 5.73 Å². The maximum absolute atomic E-state index is 5.63. The van der Waals surface area contributed by atoms with Crippen LogP contribution in [0.3, 0.4) is 0 Å². The zero-order valence-electron chi connectivity index (χ0n) is 7.93. The highest BCUT2D eigenvalue weighted by Gasteiger charge is 2.30. The van der Waals surface area contributed by atoms with Gasteiger partial charge in [0.15, 0.2) is 0 Å². The van der Waals surface area contributed by atoms with Crippen molar-refractivity contribution in [2.45, 2.75) is 32.2 Å². The van der Waals surface area contributed by atoms with Crippen molar-refractivity contribution in [3.05, 3.63) is 0 Å². The molecule has 0 bridgehead atoms. The maximum atomic E-state index is 5.63. The summed E-state index contributed by atoms with van der Waals surface area (Å²) in [6.07, 6.45) is 2.58. The van der Waals surface area contributed by atoms with E-state index in [9.17, 15) is 0 Å². The summed E-state index contributed by atoms with van der Waals surface area (Å²) >= 11 is 0. The molecule has 1 aliphatic rings. The molecule has 0 aromatic heterocycles. The molecule has 2 nitrogen and oxygen atoms in total. The molecular formula is C9H20N2. The van der Waals surface area contributed by atoms with Crippen LogP contribution in [0.2, 0.25) is 0 Å². The Bertz CT molecular complexity index is 132. The minimum atomic E-state index is 0.395. The van der Waals surface area contributed by atoms with Crippen molar-refractivity contribution in [3.63, 3.8) is 0 Å². The van der Waals surface area contributed by atoms with Gasteiger partial charge in [-0.25, -0.2) is 0 Å². The van der Waals surface area contributed by atoms with Gasteiger partial charge in [0.1, 0.15) is 0 Å². The van der Waals surface area contributed by atoms with Crippen molar-refractivity contribution >= 4 is 0 Å². The molecule has 0 aliphatic carbocycles. The number of rotatable bonds is 1. The van der Waals surface area contributed by atoms with E-state index in [0.29, 0.717) is 5.54 Å². The Morgan fingerprint density at radius 3 is 2.64 bits per heavy atom. The summed E-state index contributed by atoms with van der Waals surface area (Å²) in [6.45, 7) is 6.63. The molecule has 0 aromatic carbocycles. The Morgan fingerprint density at radius 2 is 2.18 bits per heavy atom. The first kappa shape index (κ1) is 9.01. The van der Waals surface area contributed by atoms with Crippen LogP contribution in [-0.2, 0) is 0 Å². The van der Waals surface area contributed by atoms with E-state index in [1.165, 1.54) is 19.4 Å². The average Bonchev–Trinajstić information content (AvgIpc) is 1.95. The molecule has 1 rings (SSSR count). The minimum absolute atomic E-state index is 0.395. The minimum Gasteiger partial charge on any atom is -0.330 e. The number of nitrogens with two attached hydrogens (primary N) is 1. The summed E-state index contributed by atoms with van der Waals surface area (Å²) in [5.41, 5.74) is 6.02. The molecule has 1 atom stereocenters. The Hall–Kier alpha value is -0.0800. The highest BCUT2D eigenvalue weighted by atomic mass is 15.2. The third kappa shape index (κ3) is 1.94. The van der Waals surface area contributed by atoms with Crippen LogP contribution in [0.4, 0.5) is 0 Å². The van der Waals surface area contributed by atoms with E-state index in [1.54, 1.807) is 0 Å². The molecule has 0 radical (unpaired) electrons. The lowest BCUT2D eigenvalue weighted by atomic mass is 9.85. The summed E-state index contributed by atoms with van der Waals surface area (Å²) in [6, 6.07) is 0. The number of piperidine rings is 1. The third-order valence-corrected chi connectivity index (χ3v) is 3.06. The van der Waals surface area contributed by atoms with Gasteiger partial charge in [0.05, 0.1) is 0 Å². The number of likely N-dealkylation sites (tertiary alicyclic amines) is 1. The SMILES string of the molecule is CN1CC(CN)CCC1(C)C. The van der Waals surface area contributed by atoms with E-state index < -0.39 is 0 Å². The molecule has 1 saturated heterocycles. The highest BCUT2D eigenvalue weighted by molar-refractivity contribution is 4.86. The third-order valence-electron chi connectivity index (χ3n) is 3.06. The second-order valence-electron chi connectivity index (χ2n) is 4.33. The summed E-state index contributed by atoms with van der Waals surface area (Å²) in [7, 11) is 2.20. The van der Waals surface area contributed by atoms with Crippen molar-refractivity contribution in [2.24, 2.45) is 11.7 Å². The van der Waals surface area contributed by atoms with Gasteiger partial charge in [0.25, 0.3) is 0 Å². The van der Waals surface area contributed by atoms with Gasteiger partial charge in [-0.3, -0.25) is 0 Å². The predicted octanol–water partition coefficient (Wildman–Crippen LogP) is 1.07. The topological polar surface area (TPSA) is 29.3 Å². The van der Waals surface area contributed by atoms with Gasteiger partial charge in [-0.1, -0.05) is 0 Å². The fourth-order valence-corrected chi connectivity index (χ4v) is 1.67. The Morgan fingerprint density at radius 1 is 1.55 bits per heavy atom. The molecule has 0 spiro atoms. The molecule has 0 amide bonds. The van der Waals surface area contributed by atoms with Crippen molar-refractivity contribution in [3.8, 4) is 0 Å². The molecule has 1 unspecified atom stereocenters. The Labute approximate surface area is 69.8 Å². The van der Waals surface area contributed by atoms with Gasteiger partial charge in [-0.15, -0.1) is 0 Å². The lowest BCUT2D eigenvalue weighted by Gasteiger charge is -2.43. The van der Waals surface area contributed by atoms with Gasteiger partial charge in [0.2, 0.25) is 0 Å². The van der Waals surface area contributed by atoms with E-state index in [-0.39, 0.29) is 0 Å². The average molecular weight is 156 g/mol. The zero-order valence-corrected chi connectivity index (χ0v) is 7.93. The second-order valence-corrected chi connectivity index (χ2v) is 4.33. The van der Waals surface area contributed by atoms with Crippen LogP contribution >= 0.6 is 0 Å². The zero-order chi connectivity index (χ0) is 8.48. The molecule has 11 heavy (non-hydrogen) atoms. The normalized spacial score (nSPS) is 32.2. The van der Waals surface area contributed by atoms with Crippen LogP contribution in [0, 0.1) is 5.92 Å². The Kier molecular flexibility index (Phi) is 2.55. The smallest absolute Gasteiger partial charge is 0.0150 e. The van der Waals surface area contributed by atoms with Crippen molar-refractivity contribution in [1.29, 1.82) is 0 Å². The van der Waals surface area contributed by atoms with Crippen molar-refractivity contribution in [1.82, 2.24) is 4.90 Å². The maximum Gasteiger partial charge on any atom is 0.0150 e. The highest BCUT2D eigenvalue weighted by Crippen LogP contribution is 2.28. The first-order valence-electron chi connectivity index (χ1n) is 4.47. The van der Waals surface area contributed by atoms with E-state index in [2.05, 4.69) is 25.8 Å². The number of hydrogen-bond acceptors (Lipinski definition) is 2. The quantitative estimate of drug-likeness (QED) is 0.615. The van der Waals surface area contributed by atoms with Crippen LogP contribution < -0.4 is 5.73 Å². The largest absolute Gasteiger partial charge is 0.330 e. The number of nitrogens with zero attached hydrogens (tertiary/aromatic N) is 1. The summed E-state index contributed by atoms with van der Waals surface area (Å²) in [5.74, 6) is 0.730. The van der Waals surface area contributed by atoms with Crippen LogP contribution in [0.5, 0.6) is 0 Å². The monoisotopic (exact) mass is 156 g/mol. The molecular weight excluding hydrogens is 136 g/mol. The molecule has 1 heterocycles. The molecule has 1 aliphatic heterocycles. The van der Waals surface area contributed by atoms with Crippen LogP contribution in [0.1, 0.15) is 26.7 Å². The van der Waals surface area contributed by atoms with Gasteiger partial charge in [0, 0.05) is 12.1 Å². The van der Waals surface area contributed by atoms with E-state index in [1.807, 2.05) is 0 Å². The van der Waals surface area contributed by atoms with Crippen LogP contribution in [0.25, 0.3) is 0 Å². The standard InChI is InChI=1S/C9H20N2/c1-9(2)5-4-8(6-10)7-11(9)3/h8H,4-7,10H2,1-3H3. The lowest BCUT2D eigenvalue weighted by molar-refractivity contribution is 0.0744. The molecule has 1 fully saturated rings. The molecule has 2 N–H and O–H groups in total. The van der Waals surface area contributed by atoms with Gasteiger partial charge in [-0.2, -0.15) is 0 Å². The predicted molar refractivity (Wildman–Crippen MR) is 48.5 cm³/mol. The van der Waals surface area contributed by atoms with Crippen LogP contribution in [0.15, 0.2) is 0 Å². The van der Waals surface area contributed by atoms with Gasteiger partial charge < -0.3 is 10.6 Å². The molecule has 0 aromatic rings. The van der Waals surface area contributed by atoms with E-state index >= 15 is 0 Å². The summed E-state index contributed by atoms with van der Waals surface area (Å²) < 4.78 is 0. The second kappa shape index (κ2) is 3.11. The molecule has 66 valence electrons. The van der Waals surface area contributed by atoms with Crippen molar-refractivity contribution < 1.29 is 0 Å². The first-order chi connectivity index (χ1) is 5.06. The fraction of sp³-hybridized carbons (Fsp3) is 1.00.